The predicted octanol–water partition coefficient (Wildman–Crippen LogP) is 1.26. The van der Waals surface area contributed by atoms with E-state index in [1.165, 1.54) is 0 Å². The molecule has 2 heterocycles. The van der Waals surface area contributed by atoms with E-state index in [-0.39, 0.29) is 11.9 Å². The Bertz CT molecular complexity index is 529. The van der Waals surface area contributed by atoms with Crippen molar-refractivity contribution in [2.45, 2.75) is 71.1 Å². The van der Waals surface area contributed by atoms with E-state index in [1.54, 1.807) is 24.7 Å². The van der Waals surface area contributed by atoms with Crippen LogP contribution in [0.15, 0.2) is 6.20 Å². The lowest BCUT2D eigenvalue weighted by molar-refractivity contribution is -0.134. The van der Waals surface area contributed by atoms with Crippen LogP contribution in [0.3, 0.4) is 0 Å². The van der Waals surface area contributed by atoms with Crippen molar-refractivity contribution in [3.8, 4) is 0 Å². The minimum absolute atomic E-state index is 0.0898. The molecular weight excluding hydrogens is 306 g/mol. The molecule has 0 radical (unpaired) electrons. The number of carbonyl (C=O) groups is 1. The molecule has 0 aromatic carbocycles. The molecule has 7 nitrogen and oxygen atoms in total. The van der Waals surface area contributed by atoms with Crippen molar-refractivity contribution in [3.05, 3.63) is 11.9 Å². The molecule has 3 N–H and O–H groups in total. The first-order valence-corrected chi connectivity index (χ1v) is 8.98. The summed E-state index contributed by atoms with van der Waals surface area (Å²) in [4.78, 5) is 14.2. The number of aromatic nitrogens is 3. The lowest BCUT2D eigenvalue weighted by Gasteiger charge is -2.33. The van der Waals surface area contributed by atoms with Crippen molar-refractivity contribution < 1.29 is 9.90 Å². The third-order valence-electron chi connectivity index (χ3n) is 4.72. The third kappa shape index (κ3) is 5.01. The average molecular weight is 337 g/mol. The highest BCUT2D eigenvalue weighted by Gasteiger charge is 2.27. The fourth-order valence-corrected chi connectivity index (χ4v) is 3.05. The first-order chi connectivity index (χ1) is 11.3. The van der Waals surface area contributed by atoms with Crippen LogP contribution in [0.2, 0.25) is 0 Å². The fraction of sp³-hybridized carbons (Fsp3) is 0.824. The summed E-state index contributed by atoms with van der Waals surface area (Å²) < 4.78 is 1.79. The van der Waals surface area contributed by atoms with Crippen LogP contribution in [0.1, 0.15) is 58.6 Å². The van der Waals surface area contributed by atoms with Gasteiger partial charge in [-0.25, -0.2) is 0 Å². The zero-order chi connectivity index (χ0) is 17.7. The van der Waals surface area contributed by atoms with Crippen molar-refractivity contribution in [1.82, 2.24) is 19.9 Å². The number of amides is 1. The Labute approximate surface area is 144 Å². The van der Waals surface area contributed by atoms with Gasteiger partial charge in [0.1, 0.15) is 11.3 Å². The molecule has 7 heteroatoms. The molecule has 1 aliphatic heterocycles. The Morgan fingerprint density at radius 2 is 2.12 bits per heavy atom. The van der Waals surface area contributed by atoms with Gasteiger partial charge in [-0.1, -0.05) is 25.0 Å². The number of likely N-dealkylation sites (tertiary alicyclic amines) is 1. The molecule has 0 unspecified atom stereocenters. The summed E-state index contributed by atoms with van der Waals surface area (Å²) in [7, 11) is 0. The highest BCUT2D eigenvalue weighted by molar-refractivity contribution is 5.81. The van der Waals surface area contributed by atoms with Gasteiger partial charge in [0.25, 0.3) is 0 Å². The van der Waals surface area contributed by atoms with Gasteiger partial charge in [-0.05, 0) is 39.0 Å². The Kier molecular flexibility index (Phi) is 6.34. The van der Waals surface area contributed by atoms with E-state index in [2.05, 4.69) is 17.2 Å². The standard InChI is InChI=1S/C17H31N5O2/c1-4-5-6-14(18)16(23)21-9-7-13(8-10-21)11-22-12-15(19-20-22)17(2,3)24/h12-14,24H,4-11,18H2,1-3H3/t14-/m1/s1. The second-order valence-electron chi connectivity index (χ2n) is 7.40. The Morgan fingerprint density at radius 3 is 2.67 bits per heavy atom. The van der Waals surface area contributed by atoms with E-state index in [4.69, 9.17) is 5.73 Å². The van der Waals surface area contributed by atoms with E-state index >= 15 is 0 Å². The number of piperidine rings is 1. The smallest absolute Gasteiger partial charge is 0.239 e. The molecule has 1 atom stereocenters. The van der Waals surface area contributed by atoms with Crippen molar-refractivity contribution in [1.29, 1.82) is 0 Å². The molecule has 0 saturated carbocycles. The van der Waals surface area contributed by atoms with Gasteiger partial charge in [0, 0.05) is 19.6 Å². The van der Waals surface area contributed by atoms with Crippen LogP contribution in [0.4, 0.5) is 0 Å². The van der Waals surface area contributed by atoms with Crippen molar-refractivity contribution in [2.75, 3.05) is 13.1 Å². The second kappa shape index (κ2) is 8.07. The zero-order valence-electron chi connectivity index (χ0n) is 15.1. The minimum Gasteiger partial charge on any atom is -0.384 e. The van der Waals surface area contributed by atoms with Crippen molar-refractivity contribution >= 4 is 5.91 Å². The summed E-state index contributed by atoms with van der Waals surface area (Å²) in [6.07, 6.45) is 6.53. The fourth-order valence-electron chi connectivity index (χ4n) is 3.05. The topological polar surface area (TPSA) is 97.3 Å². The van der Waals surface area contributed by atoms with E-state index in [0.29, 0.717) is 11.6 Å². The van der Waals surface area contributed by atoms with Crippen LogP contribution in [0.5, 0.6) is 0 Å². The number of unbranched alkanes of at least 4 members (excludes halogenated alkanes) is 1. The van der Waals surface area contributed by atoms with Crippen LogP contribution in [0.25, 0.3) is 0 Å². The highest BCUT2D eigenvalue weighted by atomic mass is 16.3. The largest absolute Gasteiger partial charge is 0.384 e. The van der Waals surface area contributed by atoms with Crippen LogP contribution < -0.4 is 5.73 Å². The molecule has 1 aromatic rings. The highest BCUT2D eigenvalue weighted by Crippen LogP contribution is 2.21. The molecule has 2 rings (SSSR count). The SMILES string of the molecule is CCCC[C@@H](N)C(=O)N1CCC(Cn2cc(C(C)(C)O)nn2)CC1. The molecule has 1 aliphatic rings. The van der Waals surface area contributed by atoms with E-state index < -0.39 is 5.60 Å². The van der Waals surface area contributed by atoms with Gasteiger partial charge < -0.3 is 15.7 Å². The quantitative estimate of drug-likeness (QED) is 0.781. The first kappa shape index (κ1) is 18.9. The van der Waals surface area contributed by atoms with Gasteiger partial charge in [-0.15, -0.1) is 5.10 Å². The summed E-state index contributed by atoms with van der Waals surface area (Å²) in [5, 5.41) is 18.1. The van der Waals surface area contributed by atoms with Crippen LogP contribution >= 0.6 is 0 Å². The normalized spacial score (nSPS) is 18.0. The maximum absolute atomic E-state index is 12.3. The molecular formula is C17H31N5O2. The third-order valence-corrected chi connectivity index (χ3v) is 4.72. The summed E-state index contributed by atoms with van der Waals surface area (Å²) >= 11 is 0. The van der Waals surface area contributed by atoms with Gasteiger partial charge in [-0.2, -0.15) is 0 Å². The van der Waals surface area contributed by atoms with Crippen LogP contribution in [-0.2, 0) is 16.9 Å². The lowest BCUT2D eigenvalue weighted by Crippen LogP contribution is -2.47. The number of nitrogens with two attached hydrogens (primary N) is 1. The summed E-state index contributed by atoms with van der Waals surface area (Å²) in [5.41, 5.74) is 5.61. The monoisotopic (exact) mass is 337 g/mol. The maximum atomic E-state index is 12.3. The van der Waals surface area contributed by atoms with E-state index in [1.807, 2.05) is 4.90 Å². The van der Waals surface area contributed by atoms with E-state index in [9.17, 15) is 9.90 Å². The Morgan fingerprint density at radius 1 is 1.46 bits per heavy atom. The number of hydrogen-bond donors (Lipinski definition) is 2. The van der Waals surface area contributed by atoms with Gasteiger partial charge in [0.15, 0.2) is 0 Å². The molecule has 0 aliphatic carbocycles. The molecule has 136 valence electrons. The summed E-state index contributed by atoms with van der Waals surface area (Å²) in [6, 6.07) is -0.355. The average Bonchev–Trinajstić information content (AvgIpc) is 3.01. The first-order valence-electron chi connectivity index (χ1n) is 8.98. The molecule has 1 amide bonds. The van der Waals surface area contributed by atoms with Gasteiger partial charge in [0.2, 0.25) is 5.91 Å². The number of carbonyl (C=O) groups excluding carboxylic acids is 1. The molecule has 1 saturated heterocycles. The predicted molar refractivity (Wildman–Crippen MR) is 92.1 cm³/mol. The number of aliphatic hydroxyl groups is 1. The van der Waals surface area contributed by atoms with Crippen LogP contribution in [-0.4, -0.2) is 50.0 Å². The molecule has 1 aromatic heterocycles. The molecule has 1 fully saturated rings. The van der Waals surface area contributed by atoms with Gasteiger partial charge >= 0.3 is 0 Å². The lowest BCUT2D eigenvalue weighted by atomic mass is 9.96. The minimum atomic E-state index is -0.970. The molecule has 0 spiro atoms. The van der Waals surface area contributed by atoms with Crippen molar-refractivity contribution in [3.63, 3.8) is 0 Å². The molecule has 0 bridgehead atoms. The summed E-state index contributed by atoms with van der Waals surface area (Å²) in [6.45, 7) is 7.80. The second-order valence-corrected chi connectivity index (χ2v) is 7.40. The Hall–Kier alpha value is -1.47. The molecule has 24 heavy (non-hydrogen) atoms. The van der Waals surface area contributed by atoms with Gasteiger partial charge in [0.05, 0.1) is 12.2 Å². The van der Waals surface area contributed by atoms with Crippen molar-refractivity contribution in [2.24, 2.45) is 11.7 Å². The van der Waals surface area contributed by atoms with Crippen LogP contribution in [0, 0.1) is 5.92 Å². The Balaban J connectivity index is 1.80. The van der Waals surface area contributed by atoms with E-state index in [0.717, 1.165) is 51.7 Å². The number of rotatable bonds is 7. The zero-order valence-corrected chi connectivity index (χ0v) is 15.1. The van der Waals surface area contributed by atoms with Gasteiger partial charge in [-0.3, -0.25) is 9.48 Å². The number of hydrogen-bond acceptors (Lipinski definition) is 5. The maximum Gasteiger partial charge on any atom is 0.239 e. The number of nitrogens with zero attached hydrogens (tertiary/aromatic N) is 4. The summed E-state index contributed by atoms with van der Waals surface area (Å²) in [5.74, 6) is 0.559.